The first-order valence-electron chi connectivity index (χ1n) is 5.15. The molecule has 0 amide bonds. The van der Waals surface area contributed by atoms with Gasteiger partial charge in [-0.15, -0.1) is 11.3 Å². The number of imidazole rings is 1. The van der Waals surface area contributed by atoms with Gasteiger partial charge in [-0.25, -0.2) is 4.39 Å². The Kier molecular flexibility index (Phi) is 2.57. The minimum Gasteiger partial charge on any atom is -0.328 e. The van der Waals surface area contributed by atoms with Crippen molar-refractivity contribution in [3.05, 3.63) is 51.2 Å². The third kappa shape index (κ3) is 1.81. The molecule has 0 aliphatic heterocycles. The van der Waals surface area contributed by atoms with Gasteiger partial charge in [-0.05, 0) is 35.8 Å². The highest BCUT2D eigenvalue weighted by atomic mass is 32.1. The Labute approximate surface area is 106 Å². The minimum atomic E-state index is -0.265. The first kappa shape index (κ1) is 10.7. The lowest BCUT2D eigenvalue weighted by Gasteiger charge is -2.01. The van der Waals surface area contributed by atoms with E-state index in [-0.39, 0.29) is 5.82 Å². The molecule has 3 rings (SSSR count). The molecule has 2 nitrogen and oxygen atoms in total. The molecule has 0 saturated heterocycles. The van der Waals surface area contributed by atoms with Crippen molar-refractivity contribution in [2.24, 2.45) is 0 Å². The van der Waals surface area contributed by atoms with Crippen molar-refractivity contribution >= 4 is 34.6 Å². The molecule has 1 aromatic carbocycles. The zero-order chi connectivity index (χ0) is 11.8. The standard InChI is InChI=1S/C12H9FN2S2/c13-9-4-1-5-10-11(9)14-12(16)15(10)7-8-3-2-6-17-8/h1-6H,7H2,(H,14,16). The normalized spacial score (nSPS) is 11.1. The van der Waals surface area contributed by atoms with Crippen molar-refractivity contribution in [2.45, 2.75) is 6.54 Å². The van der Waals surface area contributed by atoms with Crippen LogP contribution >= 0.6 is 23.6 Å². The van der Waals surface area contributed by atoms with Gasteiger partial charge in [-0.1, -0.05) is 12.1 Å². The van der Waals surface area contributed by atoms with Gasteiger partial charge >= 0.3 is 0 Å². The number of thiophene rings is 1. The molecule has 0 aliphatic rings. The van der Waals surface area contributed by atoms with Crippen LogP contribution in [0.15, 0.2) is 35.7 Å². The van der Waals surface area contributed by atoms with Crippen LogP contribution in [0, 0.1) is 10.6 Å². The molecule has 3 aromatic rings. The number of benzene rings is 1. The molecule has 0 fully saturated rings. The molecule has 2 aromatic heterocycles. The van der Waals surface area contributed by atoms with E-state index < -0.39 is 0 Å². The first-order valence-corrected chi connectivity index (χ1v) is 6.44. The summed E-state index contributed by atoms with van der Waals surface area (Å²) >= 11 is 6.90. The number of H-pyrrole nitrogens is 1. The molecular formula is C12H9FN2S2. The predicted molar refractivity (Wildman–Crippen MR) is 70.5 cm³/mol. The number of para-hydroxylation sites is 1. The molecule has 5 heteroatoms. The lowest BCUT2D eigenvalue weighted by atomic mass is 10.3. The molecule has 0 bridgehead atoms. The fraction of sp³-hybridized carbons (Fsp3) is 0.0833. The van der Waals surface area contributed by atoms with Crippen molar-refractivity contribution in [3.8, 4) is 0 Å². The number of nitrogens with one attached hydrogen (secondary N) is 1. The largest absolute Gasteiger partial charge is 0.328 e. The lowest BCUT2D eigenvalue weighted by Crippen LogP contribution is -1.97. The summed E-state index contributed by atoms with van der Waals surface area (Å²) in [5, 5.41) is 2.02. The number of rotatable bonds is 2. The third-order valence-electron chi connectivity index (χ3n) is 2.65. The Morgan fingerprint density at radius 2 is 2.18 bits per heavy atom. The third-order valence-corrected chi connectivity index (χ3v) is 3.84. The maximum atomic E-state index is 13.6. The number of aromatic amines is 1. The summed E-state index contributed by atoms with van der Waals surface area (Å²) in [4.78, 5) is 4.12. The highest BCUT2D eigenvalue weighted by Gasteiger charge is 2.08. The molecule has 86 valence electrons. The van der Waals surface area contributed by atoms with Crippen LogP contribution in [0.2, 0.25) is 0 Å². The van der Waals surface area contributed by atoms with Gasteiger partial charge in [-0.3, -0.25) is 0 Å². The van der Waals surface area contributed by atoms with E-state index in [0.717, 1.165) is 5.52 Å². The Hall–Kier alpha value is -1.46. The maximum Gasteiger partial charge on any atom is 0.178 e. The van der Waals surface area contributed by atoms with Crippen LogP contribution in [0.4, 0.5) is 4.39 Å². The second-order valence-corrected chi connectivity index (χ2v) is 5.15. The zero-order valence-electron chi connectivity index (χ0n) is 8.81. The zero-order valence-corrected chi connectivity index (χ0v) is 10.4. The van der Waals surface area contributed by atoms with Crippen LogP contribution in [0.25, 0.3) is 11.0 Å². The molecule has 0 saturated carbocycles. The van der Waals surface area contributed by atoms with Crippen molar-refractivity contribution in [1.29, 1.82) is 0 Å². The van der Waals surface area contributed by atoms with E-state index in [0.29, 0.717) is 16.8 Å². The number of fused-ring (bicyclic) bond motifs is 1. The molecule has 1 N–H and O–H groups in total. The second-order valence-electron chi connectivity index (χ2n) is 3.73. The van der Waals surface area contributed by atoms with Crippen molar-refractivity contribution in [2.75, 3.05) is 0 Å². The van der Waals surface area contributed by atoms with Crippen molar-refractivity contribution < 1.29 is 4.39 Å². The van der Waals surface area contributed by atoms with E-state index in [4.69, 9.17) is 12.2 Å². The van der Waals surface area contributed by atoms with Crippen LogP contribution in [-0.2, 0) is 6.54 Å². The monoisotopic (exact) mass is 264 g/mol. The van der Waals surface area contributed by atoms with E-state index in [1.165, 1.54) is 10.9 Å². The summed E-state index contributed by atoms with van der Waals surface area (Å²) in [6.45, 7) is 0.681. The number of aromatic nitrogens is 2. The number of halogens is 1. The topological polar surface area (TPSA) is 20.7 Å². The smallest absolute Gasteiger partial charge is 0.178 e. The fourth-order valence-corrected chi connectivity index (χ4v) is 2.82. The summed E-state index contributed by atoms with van der Waals surface area (Å²) in [5.74, 6) is -0.265. The van der Waals surface area contributed by atoms with Gasteiger partial charge < -0.3 is 9.55 Å². The summed E-state index contributed by atoms with van der Waals surface area (Å²) < 4.78 is 16.0. The highest BCUT2D eigenvalue weighted by molar-refractivity contribution is 7.71. The van der Waals surface area contributed by atoms with Gasteiger partial charge in [0.15, 0.2) is 4.77 Å². The average molecular weight is 264 g/mol. The molecule has 0 unspecified atom stereocenters. The van der Waals surface area contributed by atoms with E-state index in [1.807, 2.05) is 28.1 Å². The number of hydrogen-bond donors (Lipinski definition) is 1. The summed E-state index contributed by atoms with van der Waals surface area (Å²) in [6, 6.07) is 9.05. The van der Waals surface area contributed by atoms with E-state index in [2.05, 4.69) is 4.98 Å². The number of hydrogen-bond acceptors (Lipinski definition) is 2. The fourth-order valence-electron chi connectivity index (χ4n) is 1.86. The average Bonchev–Trinajstić information content (AvgIpc) is 2.91. The molecule has 0 aliphatic carbocycles. The minimum absolute atomic E-state index is 0.265. The Morgan fingerprint density at radius 1 is 1.29 bits per heavy atom. The first-order chi connectivity index (χ1) is 8.25. The molecule has 0 atom stereocenters. The van der Waals surface area contributed by atoms with E-state index in [1.54, 1.807) is 17.4 Å². The molecule has 2 heterocycles. The van der Waals surface area contributed by atoms with Crippen LogP contribution < -0.4 is 0 Å². The maximum absolute atomic E-state index is 13.6. The van der Waals surface area contributed by atoms with Crippen molar-refractivity contribution in [1.82, 2.24) is 9.55 Å². The van der Waals surface area contributed by atoms with Crippen molar-refractivity contribution in [3.63, 3.8) is 0 Å². The molecule has 0 radical (unpaired) electrons. The van der Waals surface area contributed by atoms with E-state index >= 15 is 0 Å². The predicted octanol–water partition coefficient (Wildman–Crippen LogP) is 3.95. The Balaban J connectivity index is 2.19. The second kappa shape index (κ2) is 4.09. The van der Waals surface area contributed by atoms with Crippen LogP contribution in [0.3, 0.4) is 0 Å². The summed E-state index contributed by atoms with van der Waals surface area (Å²) in [6.07, 6.45) is 0. The molecule has 17 heavy (non-hydrogen) atoms. The van der Waals surface area contributed by atoms with Crippen LogP contribution in [0.5, 0.6) is 0 Å². The van der Waals surface area contributed by atoms with Gasteiger partial charge in [-0.2, -0.15) is 0 Å². The van der Waals surface area contributed by atoms with Gasteiger partial charge in [0, 0.05) is 4.88 Å². The SMILES string of the molecule is Fc1cccc2c1[nH]c(=S)n2Cc1cccs1. The lowest BCUT2D eigenvalue weighted by molar-refractivity contribution is 0.637. The van der Waals surface area contributed by atoms with Gasteiger partial charge in [0.1, 0.15) is 11.3 Å². The molecular weight excluding hydrogens is 255 g/mol. The summed E-state index contributed by atoms with van der Waals surface area (Å²) in [5.41, 5.74) is 1.29. The van der Waals surface area contributed by atoms with Crippen LogP contribution in [0.1, 0.15) is 4.88 Å². The summed E-state index contributed by atoms with van der Waals surface area (Å²) in [7, 11) is 0. The van der Waals surface area contributed by atoms with Gasteiger partial charge in [0.05, 0.1) is 12.1 Å². The van der Waals surface area contributed by atoms with E-state index in [9.17, 15) is 4.39 Å². The Morgan fingerprint density at radius 3 is 2.94 bits per heavy atom. The van der Waals surface area contributed by atoms with Crippen LogP contribution in [-0.4, -0.2) is 9.55 Å². The van der Waals surface area contributed by atoms with Gasteiger partial charge in [0.2, 0.25) is 0 Å². The molecule has 0 spiro atoms. The Bertz CT molecular complexity index is 710. The van der Waals surface area contributed by atoms with Gasteiger partial charge in [0.25, 0.3) is 0 Å². The number of nitrogens with zero attached hydrogens (tertiary/aromatic N) is 1. The highest BCUT2D eigenvalue weighted by Crippen LogP contribution is 2.20. The quantitative estimate of drug-likeness (QED) is 0.695.